The van der Waals surface area contributed by atoms with Gasteiger partial charge in [0.2, 0.25) is 0 Å². The monoisotopic (exact) mass is 387 g/mol. The van der Waals surface area contributed by atoms with Crippen LogP contribution in [0, 0.1) is 5.92 Å². The Balaban J connectivity index is 1.76. The molecule has 4 heteroatoms. The van der Waals surface area contributed by atoms with Gasteiger partial charge in [-0.3, -0.25) is 4.90 Å². The Hall–Kier alpha value is -0.0600. The second-order valence-electron chi connectivity index (χ2n) is 5.55. The Labute approximate surface area is 131 Å². The molecule has 0 aromatic heterocycles. The Morgan fingerprint density at radius 1 is 1.37 bits per heavy atom. The van der Waals surface area contributed by atoms with Crippen LogP contribution in [0.3, 0.4) is 0 Å². The first-order valence-corrected chi connectivity index (χ1v) is 8.90. The van der Waals surface area contributed by atoms with E-state index in [4.69, 9.17) is 4.74 Å². The first-order chi connectivity index (χ1) is 9.26. The Morgan fingerprint density at radius 2 is 2.26 bits per heavy atom. The van der Waals surface area contributed by atoms with Crippen molar-refractivity contribution >= 4 is 31.9 Å². The van der Waals surface area contributed by atoms with E-state index < -0.39 is 0 Å². The van der Waals surface area contributed by atoms with Gasteiger partial charge in [-0.2, -0.15) is 0 Å². The number of hydrogen-bond acceptors (Lipinski definition) is 2. The summed E-state index contributed by atoms with van der Waals surface area (Å²) in [7, 11) is 0. The average molecular weight is 389 g/mol. The molecule has 0 radical (unpaired) electrons. The number of fused-ring (bicyclic) bond motifs is 1. The summed E-state index contributed by atoms with van der Waals surface area (Å²) >= 11 is 7.25. The SMILES string of the molecule is BrCC1CCCN(Cc2cc(Br)cc3c2OCC3)C1. The van der Waals surface area contributed by atoms with Crippen LogP contribution in [0.15, 0.2) is 16.6 Å². The van der Waals surface area contributed by atoms with E-state index in [1.165, 1.54) is 41.5 Å². The molecule has 2 nitrogen and oxygen atoms in total. The fourth-order valence-electron chi connectivity index (χ4n) is 3.13. The molecule has 2 aliphatic heterocycles. The van der Waals surface area contributed by atoms with Crippen molar-refractivity contribution in [3.05, 3.63) is 27.7 Å². The summed E-state index contributed by atoms with van der Waals surface area (Å²) in [6.45, 7) is 4.27. The maximum absolute atomic E-state index is 5.82. The van der Waals surface area contributed by atoms with Gasteiger partial charge >= 0.3 is 0 Å². The lowest BCUT2D eigenvalue weighted by atomic mass is 9.99. The molecule has 1 saturated heterocycles. The van der Waals surface area contributed by atoms with Crippen molar-refractivity contribution in [2.75, 3.05) is 25.0 Å². The van der Waals surface area contributed by atoms with Gasteiger partial charge in [0.25, 0.3) is 0 Å². The lowest BCUT2D eigenvalue weighted by molar-refractivity contribution is 0.177. The summed E-state index contributed by atoms with van der Waals surface area (Å²) in [6.07, 6.45) is 3.72. The number of rotatable bonds is 3. The van der Waals surface area contributed by atoms with Crippen molar-refractivity contribution in [3.63, 3.8) is 0 Å². The number of benzene rings is 1. The standard InChI is InChI=1S/C15H19Br2NO/c16-8-11-2-1-4-18(9-11)10-13-7-14(17)6-12-3-5-19-15(12)13/h6-7,11H,1-5,8-10H2. The van der Waals surface area contributed by atoms with Crippen LogP contribution >= 0.6 is 31.9 Å². The molecule has 0 spiro atoms. The molecule has 1 aromatic carbocycles. The molecule has 2 heterocycles. The van der Waals surface area contributed by atoms with E-state index >= 15 is 0 Å². The number of nitrogens with zero attached hydrogens (tertiary/aromatic N) is 1. The maximum Gasteiger partial charge on any atom is 0.127 e. The van der Waals surface area contributed by atoms with Crippen LogP contribution in [-0.2, 0) is 13.0 Å². The van der Waals surface area contributed by atoms with Crippen molar-refractivity contribution in [2.45, 2.75) is 25.8 Å². The fraction of sp³-hybridized carbons (Fsp3) is 0.600. The number of alkyl halides is 1. The van der Waals surface area contributed by atoms with Crippen molar-refractivity contribution in [1.82, 2.24) is 4.90 Å². The summed E-state index contributed by atoms with van der Waals surface area (Å²) < 4.78 is 7.00. The number of halogens is 2. The lowest BCUT2D eigenvalue weighted by Gasteiger charge is -2.32. The van der Waals surface area contributed by atoms with Gasteiger partial charge in [0, 0.05) is 34.9 Å². The normalized spacial score (nSPS) is 23.2. The van der Waals surface area contributed by atoms with Gasteiger partial charge in [-0.05, 0) is 43.0 Å². The van der Waals surface area contributed by atoms with E-state index in [2.05, 4.69) is 48.9 Å². The van der Waals surface area contributed by atoms with Gasteiger partial charge in [-0.25, -0.2) is 0 Å². The van der Waals surface area contributed by atoms with Gasteiger partial charge in [0.15, 0.2) is 0 Å². The van der Waals surface area contributed by atoms with Crippen LogP contribution in [-0.4, -0.2) is 29.9 Å². The summed E-state index contributed by atoms with van der Waals surface area (Å²) in [5.74, 6) is 1.94. The highest BCUT2D eigenvalue weighted by Crippen LogP contribution is 2.34. The number of likely N-dealkylation sites (tertiary alicyclic amines) is 1. The van der Waals surface area contributed by atoms with E-state index in [1.54, 1.807) is 0 Å². The molecule has 2 aliphatic rings. The highest BCUT2D eigenvalue weighted by molar-refractivity contribution is 9.10. The molecular formula is C15H19Br2NO. The van der Waals surface area contributed by atoms with Gasteiger partial charge < -0.3 is 4.74 Å². The van der Waals surface area contributed by atoms with Crippen molar-refractivity contribution in [1.29, 1.82) is 0 Å². The molecule has 1 atom stereocenters. The molecule has 0 amide bonds. The fourth-order valence-corrected chi connectivity index (χ4v) is 4.21. The van der Waals surface area contributed by atoms with Gasteiger partial charge in [-0.15, -0.1) is 0 Å². The van der Waals surface area contributed by atoms with Gasteiger partial charge in [-0.1, -0.05) is 31.9 Å². The van der Waals surface area contributed by atoms with Crippen LogP contribution in [0.1, 0.15) is 24.0 Å². The number of ether oxygens (including phenoxy) is 1. The number of hydrogen-bond donors (Lipinski definition) is 0. The van der Waals surface area contributed by atoms with Crippen LogP contribution < -0.4 is 4.74 Å². The molecule has 1 aromatic rings. The Bertz CT molecular complexity index is 464. The first kappa shape index (κ1) is 13.9. The molecule has 0 saturated carbocycles. The molecule has 0 N–H and O–H groups in total. The quantitative estimate of drug-likeness (QED) is 0.726. The van der Waals surface area contributed by atoms with E-state index in [0.717, 1.165) is 36.6 Å². The highest BCUT2D eigenvalue weighted by Gasteiger charge is 2.22. The van der Waals surface area contributed by atoms with Gasteiger partial charge in [0.05, 0.1) is 6.61 Å². The molecule has 0 bridgehead atoms. The predicted molar refractivity (Wildman–Crippen MR) is 85.1 cm³/mol. The summed E-state index contributed by atoms with van der Waals surface area (Å²) in [4.78, 5) is 2.57. The minimum absolute atomic E-state index is 0.801. The van der Waals surface area contributed by atoms with E-state index in [9.17, 15) is 0 Å². The predicted octanol–water partition coefficient (Wildman–Crippen LogP) is 3.99. The van der Waals surface area contributed by atoms with E-state index in [-0.39, 0.29) is 0 Å². The zero-order chi connectivity index (χ0) is 13.2. The third-order valence-electron chi connectivity index (χ3n) is 4.04. The smallest absolute Gasteiger partial charge is 0.127 e. The van der Waals surface area contributed by atoms with Crippen molar-refractivity contribution in [2.24, 2.45) is 5.92 Å². The minimum atomic E-state index is 0.801. The molecule has 104 valence electrons. The van der Waals surface area contributed by atoms with Gasteiger partial charge in [0.1, 0.15) is 5.75 Å². The first-order valence-electron chi connectivity index (χ1n) is 6.98. The summed E-state index contributed by atoms with van der Waals surface area (Å²) in [5, 5.41) is 1.12. The van der Waals surface area contributed by atoms with E-state index in [0.29, 0.717) is 0 Å². The second kappa shape index (κ2) is 6.15. The molecular weight excluding hydrogens is 370 g/mol. The van der Waals surface area contributed by atoms with Crippen LogP contribution in [0.4, 0.5) is 0 Å². The minimum Gasteiger partial charge on any atom is -0.493 e. The average Bonchev–Trinajstić information content (AvgIpc) is 2.87. The van der Waals surface area contributed by atoms with E-state index in [1.807, 2.05) is 0 Å². The zero-order valence-electron chi connectivity index (χ0n) is 11.0. The second-order valence-corrected chi connectivity index (χ2v) is 7.11. The molecule has 19 heavy (non-hydrogen) atoms. The summed E-state index contributed by atoms with van der Waals surface area (Å²) in [5.41, 5.74) is 2.70. The van der Waals surface area contributed by atoms with Crippen LogP contribution in [0.5, 0.6) is 5.75 Å². The zero-order valence-corrected chi connectivity index (χ0v) is 14.2. The maximum atomic E-state index is 5.82. The highest BCUT2D eigenvalue weighted by atomic mass is 79.9. The molecule has 1 fully saturated rings. The Morgan fingerprint density at radius 3 is 3.11 bits per heavy atom. The van der Waals surface area contributed by atoms with Crippen LogP contribution in [0.2, 0.25) is 0 Å². The third-order valence-corrected chi connectivity index (χ3v) is 5.41. The molecule has 3 rings (SSSR count). The molecule has 0 aliphatic carbocycles. The lowest BCUT2D eigenvalue weighted by Crippen LogP contribution is -2.35. The van der Waals surface area contributed by atoms with Crippen molar-refractivity contribution in [3.8, 4) is 5.75 Å². The number of piperidine rings is 1. The van der Waals surface area contributed by atoms with Crippen LogP contribution in [0.25, 0.3) is 0 Å². The topological polar surface area (TPSA) is 12.5 Å². The molecule has 1 unspecified atom stereocenters. The third kappa shape index (κ3) is 3.17. The largest absolute Gasteiger partial charge is 0.493 e. The van der Waals surface area contributed by atoms with Crippen molar-refractivity contribution < 1.29 is 4.74 Å². The summed E-state index contributed by atoms with van der Waals surface area (Å²) in [6, 6.07) is 4.42. The Kier molecular flexibility index (Phi) is 4.50.